The molecule has 2 heterocycles. The summed E-state index contributed by atoms with van der Waals surface area (Å²) in [4.78, 5) is 4.43. The van der Waals surface area contributed by atoms with Gasteiger partial charge in [-0.1, -0.05) is 18.9 Å². The largest absolute Gasteiger partial charge is 0.353 e. The van der Waals surface area contributed by atoms with Crippen LogP contribution in [-0.4, -0.2) is 21.1 Å². The first-order chi connectivity index (χ1) is 8.31. The Morgan fingerprint density at radius 1 is 1.41 bits per heavy atom. The summed E-state index contributed by atoms with van der Waals surface area (Å²) < 4.78 is 1.83. The molecule has 0 bridgehead atoms. The number of aromatic nitrogens is 3. The van der Waals surface area contributed by atoms with Gasteiger partial charge in [-0.15, -0.1) is 5.10 Å². The van der Waals surface area contributed by atoms with Gasteiger partial charge in [0, 0.05) is 12.7 Å². The molecule has 17 heavy (non-hydrogen) atoms. The zero-order valence-corrected chi connectivity index (χ0v) is 10.2. The lowest BCUT2D eigenvalue weighted by molar-refractivity contribution is 0.685. The number of nitrogens with zero attached hydrogens (tertiary/aromatic N) is 3. The van der Waals surface area contributed by atoms with Gasteiger partial charge < -0.3 is 5.32 Å². The van der Waals surface area contributed by atoms with Crippen LogP contribution in [-0.2, 0) is 0 Å². The Labute approximate surface area is 101 Å². The van der Waals surface area contributed by atoms with E-state index in [1.165, 1.54) is 31.2 Å². The summed E-state index contributed by atoms with van der Waals surface area (Å²) in [6.45, 7) is 3.04. The topological polar surface area (TPSA) is 42.2 Å². The number of fused-ring (bicyclic) bond motifs is 1. The Kier molecular flexibility index (Phi) is 2.71. The molecule has 1 N–H and O–H groups in total. The molecule has 0 spiro atoms. The summed E-state index contributed by atoms with van der Waals surface area (Å²) in [5.41, 5.74) is 2.10. The molecule has 2 aromatic rings. The van der Waals surface area contributed by atoms with Crippen molar-refractivity contribution in [2.75, 3.05) is 11.9 Å². The summed E-state index contributed by atoms with van der Waals surface area (Å²) in [6, 6.07) is 4.05. The average Bonchev–Trinajstić information content (AvgIpc) is 3.04. The summed E-state index contributed by atoms with van der Waals surface area (Å²) in [5, 5.41) is 7.69. The van der Waals surface area contributed by atoms with E-state index in [0.717, 1.165) is 24.1 Å². The van der Waals surface area contributed by atoms with E-state index in [2.05, 4.69) is 28.4 Å². The van der Waals surface area contributed by atoms with Gasteiger partial charge in [0.2, 0.25) is 5.95 Å². The predicted molar refractivity (Wildman–Crippen MR) is 68.2 cm³/mol. The minimum Gasteiger partial charge on any atom is -0.353 e. The lowest BCUT2D eigenvalue weighted by atomic mass is 10.2. The first-order valence-electron chi connectivity index (χ1n) is 6.38. The number of nitrogens with one attached hydrogen (secondary N) is 1. The van der Waals surface area contributed by atoms with Gasteiger partial charge in [-0.25, -0.2) is 4.52 Å². The molecule has 0 aromatic carbocycles. The second-order valence-electron chi connectivity index (χ2n) is 4.96. The van der Waals surface area contributed by atoms with E-state index < -0.39 is 0 Å². The summed E-state index contributed by atoms with van der Waals surface area (Å²) in [6.07, 6.45) is 7.44. The van der Waals surface area contributed by atoms with Gasteiger partial charge in [0.15, 0.2) is 5.65 Å². The van der Waals surface area contributed by atoms with Crippen LogP contribution in [0.1, 0.15) is 31.2 Å². The van der Waals surface area contributed by atoms with E-state index in [0.29, 0.717) is 0 Å². The van der Waals surface area contributed by atoms with E-state index in [1.807, 2.05) is 16.8 Å². The average molecular weight is 230 g/mol. The molecule has 0 saturated heterocycles. The molecule has 1 fully saturated rings. The standard InChI is InChI=1S/C13H18N4/c1-10-4-7-12-15-13(16-17(12)9-10)14-8-2-3-11-5-6-11/h4,7,9,11H,2-3,5-6,8H2,1H3,(H,14,16). The highest BCUT2D eigenvalue weighted by atomic mass is 15.3. The minimum atomic E-state index is 0.742. The molecule has 1 aliphatic carbocycles. The fraction of sp³-hybridized carbons (Fsp3) is 0.538. The molecule has 0 radical (unpaired) electrons. The third-order valence-corrected chi connectivity index (χ3v) is 3.25. The van der Waals surface area contributed by atoms with Crippen molar-refractivity contribution in [3.8, 4) is 0 Å². The summed E-state index contributed by atoms with van der Waals surface area (Å²) in [5.74, 6) is 1.75. The van der Waals surface area contributed by atoms with E-state index in [-0.39, 0.29) is 0 Å². The van der Waals surface area contributed by atoms with Crippen LogP contribution in [0.15, 0.2) is 18.3 Å². The molecule has 3 rings (SSSR count). The van der Waals surface area contributed by atoms with Crippen molar-refractivity contribution in [2.45, 2.75) is 32.6 Å². The van der Waals surface area contributed by atoms with E-state index >= 15 is 0 Å². The van der Waals surface area contributed by atoms with Crippen molar-refractivity contribution in [2.24, 2.45) is 5.92 Å². The molecule has 4 nitrogen and oxygen atoms in total. The Morgan fingerprint density at radius 2 is 2.29 bits per heavy atom. The fourth-order valence-corrected chi connectivity index (χ4v) is 2.06. The van der Waals surface area contributed by atoms with E-state index in [4.69, 9.17) is 0 Å². The second kappa shape index (κ2) is 4.35. The third-order valence-electron chi connectivity index (χ3n) is 3.25. The van der Waals surface area contributed by atoms with Gasteiger partial charge in [-0.2, -0.15) is 4.98 Å². The van der Waals surface area contributed by atoms with Crippen molar-refractivity contribution in [1.29, 1.82) is 0 Å². The maximum Gasteiger partial charge on any atom is 0.243 e. The maximum absolute atomic E-state index is 4.43. The van der Waals surface area contributed by atoms with Crippen molar-refractivity contribution in [3.05, 3.63) is 23.9 Å². The van der Waals surface area contributed by atoms with Crippen LogP contribution >= 0.6 is 0 Å². The van der Waals surface area contributed by atoms with Gasteiger partial charge in [0.05, 0.1) is 0 Å². The highest BCUT2D eigenvalue weighted by molar-refractivity contribution is 5.43. The molecule has 2 aromatic heterocycles. The van der Waals surface area contributed by atoms with Crippen molar-refractivity contribution >= 4 is 11.6 Å². The van der Waals surface area contributed by atoms with Crippen LogP contribution in [0.5, 0.6) is 0 Å². The smallest absolute Gasteiger partial charge is 0.243 e. The number of pyridine rings is 1. The van der Waals surface area contributed by atoms with Gasteiger partial charge in [-0.05, 0) is 37.3 Å². The maximum atomic E-state index is 4.43. The predicted octanol–water partition coefficient (Wildman–Crippen LogP) is 2.64. The molecule has 0 aliphatic heterocycles. The Bertz CT molecular complexity index is 513. The molecule has 90 valence electrons. The van der Waals surface area contributed by atoms with Crippen molar-refractivity contribution in [1.82, 2.24) is 14.6 Å². The molecule has 0 unspecified atom stereocenters. The van der Waals surface area contributed by atoms with Crippen LogP contribution in [0.4, 0.5) is 5.95 Å². The van der Waals surface area contributed by atoms with Gasteiger partial charge in [0.1, 0.15) is 0 Å². The molecule has 1 aliphatic rings. The molecule has 4 heteroatoms. The van der Waals surface area contributed by atoms with Crippen LogP contribution in [0.25, 0.3) is 5.65 Å². The zero-order valence-electron chi connectivity index (χ0n) is 10.2. The Hall–Kier alpha value is -1.58. The van der Waals surface area contributed by atoms with Gasteiger partial charge >= 0.3 is 0 Å². The van der Waals surface area contributed by atoms with Crippen LogP contribution in [0.2, 0.25) is 0 Å². The van der Waals surface area contributed by atoms with Crippen LogP contribution in [0.3, 0.4) is 0 Å². The summed E-state index contributed by atoms with van der Waals surface area (Å²) >= 11 is 0. The van der Waals surface area contributed by atoms with Crippen LogP contribution < -0.4 is 5.32 Å². The molecule has 0 atom stereocenters. The third kappa shape index (κ3) is 2.57. The molecule has 1 saturated carbocycles. The lowest BCUT2D eigenvalue weighted by Gasteiger charge is -1.99. The SMILES string of the molecule is Cc1ccc2nc(NCCCC3CC3)nn2c1. The Balaban J connectivity index is 1.60. The van der Waals surface area contributed by atoms with Crippen molar-refractivity contribution in [3.63, 3.8) is 0 Å². The number of hydrogen-bond acceptors (Lipinski definition) is 3. The summed E-state index contributed by atoms with van der Waals surface area (Å²) in [7, 11) is 0. The first-order valence-corrected chi connectivity index (χ1v) is 6.38. The number of hydrogen-bond donors (Lipinski definition) is 1. The monoisotopic (exact) mass is 230 g/mol. The Morgan fingerprint density at radius 3 is 3.12 bits per heavy atom. The fourth-order valence-electron chi connectivity index (χ4n) is 2.06. The lowest BCUT2D eigenvalue weighted by Crippen LogP contribution is -2.03. The van der Waals surface area contributed by atoms with Gasteiger partial charge in [0.25, 0.3) is 0 Å². The molecular formula is C13H18N4. The molecule has 0 amide bonds. The quantitative estimate of drug-likeness (QED) is 0.803. The van der Waals surface area contributed by atoms with Gasteiger partial charge in [-0.3, -0.25) is 0 Å². The van der Waals surface area contributed by atoms with E-state index in [9.17, 15) is 0 Å². The normalized spacial score (nSPS) is 15.4. The van der Waals surface area contributed by atoms with E-state index in [1.54, 1.807) is 0 Å². The zero-order chi connectivity index (χ0) is 11.7. The van der Waals surface area contributed by atoms with Crippen LogP contribution in [0, 0.1) is 12.8 Å². The highest BCUT2D eigenvalue weighted by Gasteiger charge is 2.19. The van der Waals surface area contributed by atoms with Crippen molar-refractivity contribution < 1.29 is 0 Å². The molecular weight excluding hydrogens is 212 g/mol. The minimum absolute atomic E-state index is 0.742. The number of rotatable bonds is 5. The first kappa shape index (κ1) is 10.6. The number of aryl methyl sites for hydroxylation is 1. The second-order valence-corrected chi connectivity index (χ2v) is 4.96. The number of anilines is 1. The highest BCUT2D eigenvalue weighted by Crippen LogP contribution is 2.33.